The molecule has 0 aromatic heterocycles. The van der Waals surface area contributed by atoms with Gasteiger partial charge in [0.15, 0.2) is 0 Å². The first kappa shape index (κ1) is 14.5. The predicted molar refractivity (Wildman–Crippen MR) is 80.1 cm³/mol. The molecule has 0 amide bonds. The van der Waals surface area contributed by atoms with Gasteiger partial charge in [-0.25, -0.2) is 0 Å². The third-order valence-electron chi connectivity index (χ3n) is 4.52. The molecule has 2 nitrogen and oxygen atoms in total. The van der Waals surface area contributed by atoms with Crippen LogP contribution in [-0.2, 0) is 5.60 Å². The molecule has 2 N–H and O–H groups in total. The van der Waals surface area contributed by atoms with Crippen LogP contribution < -0.4 is 5.32 Å². The van der Waals surface area contributed by atoms with Crippen molar-refractivity contribution in [3.8, 4) is 0 Å². The summed E-state index contributed by atoms with van der Waals surface area (Å²) in [6.45, 7) is 4.77. The number of hydrogen-bond donors (Lipinski definition) is 2. The van der Waals surface area contributed by atoms with E-state index in [9.17, 15) is 5.11 Å². The highest BCUT2D eigenvalue weighted by Crippen LogP contribution is 2.27. The van der Waals surface area contributed by atoms with Crippen LogP contribution in [0.3, 0.4) is 0 Å². The van der Waals surface area contributed by atoms with Gasteiger partial charge in [0.1, 0.15) is 0 Å². The lowest BCUT2D eigenvalue weighted by atomic mass is 9.84. The van der Waals surface area contributed by atoms with E-state index in [0.29, 0.717) is 12.6 Å². The Bertz CT molecular complexity index is 368. The summed E-state index contributed by atoms with van der Waals surface area (Å²) in [5.74, 6) is 0.778. The van der Waals surface area contributed by atoms with E-state index in [1.165, 1.54) is 32.1 Å². The van der Waals surface area contributed by atoms with Gasteiger partial charge in [0, 0.05) is 12.6 Å². The molecule has 1 unspecified atom stereocenters. The van der Waals surface area contributed by atoms with Crippen molar-refractivity contribution in [3.05, 3.63) is 35.9 Å². The highest BCUT2D eigenvalue weighted by molar-refractivity contribution is 5.21. The molecule has 0 saturated heterocycles. The summed E-state index contributed by atoms with van der Waals surface area (Å²) in [4.78, 5) is 0. The molecule has 19 heavy (non-hydrogen) atoms. The average Bonchev–Trinajstić information content (AvgIpc) is 2.47. The summed E-state index contributed by atoms with van der Waals surface area (Å²) in [7, 11) is 0. The lowest BCUT2D eigenvalue weighted by molar-refractivity contribution is 0.0510. The van der Waals surface area contributed by atoms with Gasteiger partial charge in [0.2, 0.25) is 0 Å². The van der Waals surface area contributed by atoms with Gasteiger partial charge in [-0.1, -0.05) is 49.6 Å². The van der Waals surface area contributed by atoms with Crippen molar-refractivity contribution >= 4 is 0 Å². The fraction of sp³-hybridized carbons (Fsp3) is 0.647. The van der Waals surface area contributed by atoms with Crippen LogP contribution in [0.25, 0.3) is 0 Å². The molecule has 106 valence electrons. The second-order valence-electron chi connectivity index (χ2n) is 6.21. The molecule has 1 saturated carbocycles. The maximum atomic E-state index is 10.6. The summed E-state index contributed by atoms with van der Waals surface area (Å²) >= 11 is 0. The Morgan fingerprint density at radius 3 is 2.47 bits per heavy atom. The van der Waals surface area contributed by atoms with E-state index in [0.717, 1.165) is 11.5 Å². The molecular weight excluding hydrogens is 234 g/mol. The Labute approximate surface area is 117 Å². The van der Waals surface area contributed by atoms with Crippen LogP contribution >= 0.6 is 0 Å². The SMILES string of the molecule is C[C@H](NCC(C)(O)c1ccccc1)C1CCCCC1. The van der Waals surface area contributed by atoms with Crippen molar-refractivity contribution in [1.29, 1.82) is 0 Å². The van der Waals surface area contributed by atoms with Gasteiger partial charge >= 0.3 is 0 Å². The molecule has 1 aliphatic carbocycles. The summed E-state index contributed by atoms with van der Waals surface area (Å²) in [6.07, 6.45) is 6.80. The normalized spacial score (nSPS) is 21.8. The molecular formula is C17H27NO. The van der Waals surface area contributed by atoms with E-state index in [2.05, 4.69) is 12.2 Å². The second-order valence-corrected chi connectivity index (χ2v) is 6.21. The number of hydrogen-bond acceptors (Lipinski definition) is 2. The fourth-order valence-electron chi connectivity index (χ4n) is 3.06. The van der Waals surface area contributed by atoms with Crippen LogP contribution in [0.4, 0.5) is 0 Å². The lowest BCUT2D eigenvalue weighted by Crippen LogP contribution is -2.43. The van der Waals surface area contributed by atoms with Crippen molar-refractivity contribution in [1.82, 2.24) is 5.32 Å². The molecule has 1 aliphatic rings. The molecule has 2 heteroatoms. The topological polar surface area (TPSA) is 32.3 Å². The Balaban J connectivity index is 1.86. The molecule has 2 rings (SSSR count). The lowest BCUT2D eigenvalue weighted by Gasteiger charge is -2.32. The zero-order valence-corrected chi connectivity index (χ0v) is 12.2. The third-order valence-corrected chi connectivity index (χ3v) is 4.52. The Kier molecular flexibility index (Phi) is 5.00. The number of benzene rings is 1. The molecule has 2 atom stereocenters. The van der Waals surface area contributed by atoms with Gasteiger partial charge in [0.25, 0.3) is 0 Å². The summed E-state index contributed by atoms with van der Waals surface area (Å²) in [6, 6.07) is 10.4. The van der Waals surface area contributed by atoms with Gasteiger partial charge in [-0.15, -0.1) is 0 Å². The van der Waals surface area contributed by atoms with E-state index in [1.807, 2.05) is 37.3 Å². The van der Waals surface area contributed by atoms with E-state index in [1.54, 1.807) is 0 Å². The van der Waals surface area contributed by atoms with Gasteiger partial charge in [-0.2, -0.15) is 0 Å². The molecule has 1 aromatic carbocycles. The maximum Gasteiger partial charge on any atom is 0.0992 e. The minimum absolute atomic E-state index is 0.496. The molecule has 0 aliphatic heterocycles. The van der Waals surface area contributed by atoms with Gasteiger partial charge in [0.05, 0.1) is 5.60 Å². The van der Waals surface area contributed by atoms with E-state index >= 15 is 0 Å². The van der Waals surface area contributed by atoms with Gasteiger partial charge in [-0.3, -0.25) is 0 Å². The van der Waals surface area contributed by atoms with Crippen LogP contribution in [0.15, 0.2) is 30.3 Å². The largest absolute Gasteiger partial charge is 0.384 e. The van der Waals surface area contributed by atoms with Crippen molar-refractivity contribution < 1.29 is 5.11 Å². The summed E-state index contributed by atoms with van der Waals surface area (Å²) in [5, 5.41) is 14.1. The molecule has 1 fully saturated rings. The van der Waals surface area contributed by atoms with E-state index < -0.39 is 5.60 Å². The third kappa shape index (κ3) is 4.05. The van der Waals surface area contributed by atoms with Crippen LogP contribution in [0.2, 0.25) is 0 Å². The van der Waals surface area contributed by atoms with Gasteiger partial charge in [-0.05, 0) is 38.2 Å². The molecule has 0 radical (unpaired) electrons. The smallest absolute Gasteiger partial charge is 0.0992 e. The number of aliphatic hydroxyl groups is 1. The van der Waals surface area contributed by atoms with E-state index in [-0.39, 0.29) is 0 Å². The monoisotopic (exact) mass is 261 g/mol. The second kappa shape index (κ2) is 6.53. The molecule has 0 bridgehead atoms. The van der Waals surface area contributed by atoms with Crippen molar-refractivity contribution in [2.75, 3.05) is 6.54 Å². The van der Waals surface area contributed by atoms with Crippen molar-refractivity contribution in [2.45, 2.75) is 57.6 Å². The summed E-state index contributed by atoms with van der Waals surface area (Å²) in [5.41, 5.74) is 0.197. The Morgan fingerprint density at radius 1 is 1.21 bits per heavy atom. The Morgan fingerprint density at radius 2 is 1.84 bits per heavy atom. The molecule has 1 aromatic rings. The van der Waals surface area contributed by atoms with Crippen LogP contribution in [0, 0.1) is 5.92 Å². The summed E-state index contributed by atoms with van der Waals surface area (Å²) < 4.78 is 0. The molecule has 0 heterocycles. The highest BCUT2D eigenvalue weighted by Gasteiger charge is 2.26. The fourth-order valence-corrected chi connectivity index (χ4v) is 3.06. The van der Waals surface area contributed by atoms with Crippen molar-refractivity contribution in [3.63, 3.8) is 0 Å². The maximum absolute atomic E-state index is 10.6. The van der Waals surface area contributed by atoms with Crippen LogP contribution in [0.1, 0.15) is 51.5 Å². The zero-order chi connectivity index (χ0) is 13.7. The minimum atomic E-state index is -0.788. The number of rotatable bonds is 5. The number of nitrogens with one attached hydrogen (secondary N) is 1. The zero-order valence-electron chi connectivity index (χ0n) is 12.2. The van der Waals surface area contributed by atoms with E-state index in [4.69, 9.17) is 0 Å². The quantitative estimate of drug-likeness (QED) is 0.851. The van der Waals surface area contributed by atoms with Crippen LogP contribution in [-0.4, -0.2) is 17.7 Å². The highest BCUT2D eigenvalue weighted by atomic mass is 16.3. The Hall–Kier alpha value is -0.860. The first-order valence-electron chi connectivity index (χ1n) is 7.61. The van der Waals surface area contributed by atoms with Crippen LogP contribution in [0.5, 0.6) is 0 Å². The molecule has 0 spiro atoms. The first-order valence-corrected chi connectivity index (χ1v) is 7.61. The minimum Gasteiger partial charge on any atom is -0.384 e. The van der Waals surface area contributed by atoms with Crippen molar-refractivity contribution in [2.24, 2.45) is 5.92 Å². The standard InChI is InChI=1S/C17H27NO/c1-14(15-9-5-3-6-10-15)18-13-17(2,19)16-11-7-4-8-12-16/h4,7-8,11-12,14-15,18-19H,3,5-6,9-10,13H2,1-2H3/t14-,17?/m0/s1. The van der Waals surface area contributed by atoms with Gasteiger partial charge < -0.3 is 10.4 Å². The predicted octanol–water partition coefficient (Wildman–Crippen LogP) is 3.45. The average molecular weight is 261 g/mol. The first-order chi connectivity index (χ1) is 9.09.